The van der Waals surface area contributed by atoms with Gasteiger partial charge >= 0.3 is 27.6 Å². The summed E-state index contributed by atoms with van der Waals surface area (Å²) in [6, 6.07) is 0. The van der Waals surface area contributed by atoms with Gasteiger partial charge in [-0.2, -0.15) is 0 Å². The summed E-state index contributed by atoms with van der Waals surface area (Å²) in [5.74, 6) is -1.16. The first kappa shape index (κ1) is 57.3. The van der Waals surface area contributed by atoms with Crippen molar-refractivity contribution >= 4 is 27.6 Å². The van der Waals surface area contributed by atoms with Gasteiger partial charge in [0.1, 0.15) is 12.7 Å². The zero-order valence-electron chi connectivity index (χ0n) is 37.1. The molecule has 0 bridgehead atoms. The number of hydrogen-bond acceptors (Lipinski definition) is 11. The summed E-state index contributed by atoms with van der Waals surface area (Å²) >= 11 is 0. The molecule has 0 aromatic heterocycles. The first-order valence-corrected chi connectivity index (χ1v) is 25.4. The predicted octanol–water partition coefficient (Wildman–Crippen LogP) is 10.5. The van der Waals surface area contributed by atoms with Crippen LogP contribution in [0.2, 0.25) is 0 Å². The van der Waals surface area contributed by atoms with Gasteiger partial charge in [-0.15, -0.1) is 0 Å². The first-order chi connectivity index (χ1) is 29.8. The van der Waals surface area contributed by atoms with Crippen molar-refractivity contribution in [2.45, 2.75) is 167 Å². The van der Waals surface area contributed by atoms with Gasteiger partial charge in [0.25, 0.3) is 0 Å². The number of aliphatic hydroxyl groups excluding tert-OH is 1. The normalized spacial score (nSPS) is 18.0. The Morgan fingerprint density at radius 1 is 0.581 bits per heavy atom. The number of carbonyl (C=O) groups is 2. The lowest BCUT2D eigenvalue weighted by Gasteiger charge is -2.20. The highest BCUT2D eigenvalue weighted by Gasteiger charge is 2.36. The van der Waals surface area contributed by atoms with E-state index in [1.165, 1.54) is 25.7 Å². The number of epoxide rings is 1. The minimum absolute atomic E-state index is 0.0587. The summed E-state index contributed by atoms with van der Waals surface area (Å²) in [6.07, 6.45) is 44.8. The van der Waals surface area contributed by atoms with E-state index in [-0.39, 0.29) is 12.8 Å². The SMILES string of the molecule is CC/C=C\CC1OC1C/C=C\C/C=C\C/C=C\C/C=C\CCC(=O)OC[C@H](COP(=O)(O)OC[C@@H](O)COP(=O)(O)O)OC(=O)CCCCCCC/C=C\C=C/CCCCCC. The van der Waals surface area contributed by atoms with Crippen LogP contribution in [0.3, 0.4) is 0 Å². The Hall–Kier alpha value is -2.74. The predicted molar refractivity (Wildman–Crippen MR) is 243 cm³/mol. The molecule has 0 radical (unpaired) electrons. The lowest BCUT2D eigenvalue weighted by Crippen LogP contribution is -2.29. The average molecular weight is 915 g/mol. The summed E-state index contributed by atoms with van der Waals surface area (Å²) < 4.78 is 53.4. The van der Waals surface area contributed by atoms with E-state index >= 15 is 0 Å². The number of unbranched alkanes of at least 4 members (excludes halogenated alkanes) is 9. The average Bonchev–Trinajstić information content (AvgIpc) is 3.99. The lowest BCUT2D eigenvalue weighted by atomic mass is 10.1. The van der Waals surface area contributed by atoms with Crippen LogP contribution in [-0.4, -0.2) is 82.6 Å². The van der Waals surface area contributed by atoms with Gasteiger partial charge < -0.3 is 34.0 Å². The summed E-state index contributed by atoms with van der Waals surface area (Å²) in [7, 11) is -9.71. The fourth-order valence-corrected chi connectivity index (χ4v) is 6.85. The summed E-state index contributed by atoms with van der Waals surface area (Å²) in [5, 5.41) is 9.75. The van der Waals surface area contributed by atoms with Crippen LogP contribution in [0.4, 0.5) is 0 Å². The Labute approximate surface area is 371 Å². The van der Waals surface area contributed by atoms with Gasteiger partial charge in [0.2, 0.25) is 0 Å². The zero-order valence-corrected chi connectivity index (χ0v) is 38.9. The van der Waals surface area contributed by atoms with Crippen LogP contribution < -0.4 is 0 Å². The molecule has 16 heteroatoms. The van der Waals surface area contributed by atoms with Gasteiger partial charge in [-0.3, -0.25) is 23.2 Å². The largest absolute Gasteiger partial charge is 0.472 e. The van der Waals surface area contributed by atoms with E-state index in [0.717, 1.165) is 70.6 Å². The number of ether oxygens (including phenoxy) is 3. The quantitative estimate of drug-likeness (QED) is 0.0113. The molecular weight excluding hydrogens is 838 g/mol. The molecule has 0 saturated carbocycles. The second kappa shape index (κ2) is 37.6. The molecule has 5 atom stereocenters. The number of aliphatic hydroxyl groups is 1. The minimum atomic E-state index is -4.88. The molecule has 1 aliphatic rings. The number of rotatable bonds is 40. The number of esters is 2. The van der Waals surface area contributed by atoms with E-state index in [1.54, 1.807) is 0 Å². The van der Waals surface area contributed by atoms with Gasteiger partial charge in [-0.05, 0) is 77.0 Å². The Morgan fingerprint density at radius 3 is 1.73 bits per heavy atom. The zero-order chi connectivity index (χ0) is 45.6. The van der Waals surface area contributed by atoms with Crippen LogP contribution in [0.25, 0.3) is 0 Å². The molecule has 1 aliphatic heterocycles. The maximum atomic E-state index is 12.7. The monoisotopic (exact) mass is 914 g/mol. The third kappa shape index (κ3) is 37.8. The molecule has 4 N–H and O–H groups in total. The Kier molecular flexibility index (Phi) is 34.8. The van der Waals surface area contributed by atoms with Crippen molar-refractivity contribution in [3.63, 3.8) is 0 Å². The number of phosphoric ester groups is 2. The highest BCUT2D eigenvalue weighted by molar-refractivity contribution is 7.47. The van der Waals surface area contributed by atoms with Gasteiger partial charge in [0.05, 0.1) is 32.0 Å². The van der Waals surface area contributed by atoms with E-state index in [4.69, 9.17) is 28.5 Å². The molecule has 14 nitrogen and oxygen atoms in total. The summed E-state index contributed by atoms with van der Waals surface area (Å²) in [4.78, 5) is 52.7. The van der Waals surface area contributed by atoms with Crippen molar-refractivity contribution in [1.29, 1.82) is 0 Å². The van der Waals surface area contributed by atoms with Crippen LogP contribution in [0.1, 0.15) is 142 Å². The van der Waals surface area contributed by atoms with E-state index in [1.807, 2.05) is 18.2 Å². The standard InChI is InChI=1S/C46H76O14P2/c1-3-5-7-8-9-10-11-12-13-14-19-22-25-28-32-36-46(49)59-42(40-58-62(53,54)57-38-41(47)37-56-61(50,51)52)39-55-45(48)35-31-27-24-21-18-16-15-17-20-23-26-30-34-44-43(60-44)33-29-6-4-2/h6,10-13,16-18,20,24,26-27,29-30,41-44,47H,3-5,7-9,14-15,19,21-23,25,28,31-40H2,1-2H3,(H,53,54)(H2,50,51,52)/b11-10-,13-12-,18-16-,20-17-,27-24-,29-6-,30-26-/t41-,42+,43?,44?/m0/s1. The molecule has 1 saturated heterocycles. The van der Waals surface area contributed by atoms with Crippen LogP contribution in [0.15, 0.2) is 85.1 Å². The molecule has 1 heterocycles. The van der Waals surface area contributed by atoms with Crippen molar-refractivity contribution in [3.8, 4) is 0 Å². The van der Waals surface area contributed by atoms with Crippen molar-refractivity contribution in [3.05, 3.63) is 85.1 Å². The minimum Gasteiger partial charge on any atom is -0.462 e. The molecule has 0 aromatic carbocycles. The Morgan fingerprint density at radius 2 is 1.11 bits per heavy atom. The van der Waals surface area contributed by atoms with E-state index in [9.17, 15) is 28.7 Å². The highest BCUT2D eigenvalue weighted by Crippen LogP contribution is 2.44. The van der Waals surface area contributed by atoms with Crippen LogP contribution in [-0.2, 0) is 46.5 Å². The summed E-state index contributed by atoms with van der Waals surface area (Å²) in [6.45, 7) is 1.50. The van der Waals surface area contributed by atoms with Gasteiger partial charge in [0.15, 0.2) is 6.10 Å². The first-order valence-electron chi connectivity index (χ1n) is 22.4. The molecular formula is C46H76O14P2. The Bertz CT molecular complexity index is 1480. The van der Waals surface area contributed by atoms with Gasteiger partial charge in [-0.1, -0.05) is 137 Å². The third-order valence-electron chi connectivity index (χ3n) is 9.20. The number of carbonyl (C=O) groups excluding carboxylic acids is 2. The molecule has 3 unspecified atom stereocenters. The molecule has 354 valence electrons. The Balaban J connectivity index is 2.41. The van der Waals surface area contributed by atoms with Crippen LogP contribution in [0, 0.1) is 0 Å². The maximum Gasteiger partial charge on any atom is 0.472 e. The van der Waals surface area contributed by atoms with Gasteiger partial charge in [0, 0.05) is 12.8 Å². The topological polar surface area (TPSA) is 208 Å². The van der Waals surface area contributed by atoms with E-state index in [2.05, 4.69) is 89.7 Å². The highest BCUT2D eigenvalue weighted by atomic mass is 31.2. The molecule has 1 rings (SSSR count). The van der Waals surface area contributed by atoms with Crippen LogP contribution >= 0.6 is 15.6 Å². The van der Waals surface area contributed by atoms with E-state index < -0.39 is 66.2 Å². The molecule has 62 heavy (non-hydrogen) atoms. The second-order valence-electron chi connectivity index (χ2n) is 15.0. The fourth-order valence-electron chi connectivity index (χ4n) is 5.70. The maximum absolute atomic E-state index is 12.7. The molecule has 0 aliphatic carbocycles. The number of allylic oxidation sites excluding steroid dienone is 12. The fraction of sp³-hybridized carbons (Fsp3) is 0.652. The second-order valence-corrected chi connectivity index (χ2v) is 17.7. The smallest absolute Gasteiger partial charge is 0.462 e. The molecule has 0 amide bonds. The van der Waals surface area contributed by atoms with Crippen molar-refractivity contribution in [2.24, 2.45) is 0 Å². The molecule has 0 spiro atoms. The van der Waals surface area contributed by atoms with Gasteiger partial charge in [-0.25, -0.2) is 9.13 Å². The third-order valence-corrected chi connectivity index (χ3v) is 10.6. The summed E-state index contributed by atoms with van der Waals surface area (Å²) in [5.41, 5.74) is 0. The number of hydrogen-bond donors (Lipinski definition) is 4. The van der Waals surface area contributed by atoms with Crippen molar-refractivity contribution < 1.29 is 66.3 Å². The van der Waals surface area contributed by atoms with E-state index in [0.29, 0.717) is 31.5 Å². The lowest BCUT2D eigenvalue weighted by molar-refractivity contribution is -0.161. The van der Waals surface area contributed by atoms with Crippen LogP contribution in [0.5, 0.6) is 0 Å². The molecule has 1 fully saturated rings. The van der Waals surface area contributed by atoms with Crippen molar-refractivity contribution in [1.82, 2.24) is 0 Å². The molecule has 0 aromatic rings. The van der Waals surface area contributed by atoms with Crippen molar-refractivity contribution in [2.75, 3.05) is 26.4 Å². The number of phosphoric acid groups is 2.